The van der Waals surface area contributed by atoms with Crippen molar-refractivity contribution in [1.29, 1.82) is 0 Å². The number of hydrogen-bond donors (Lipinski definition) is 3. The van der Waals surface area contributed by atoms with Crippen molar-refractivity contribution in [3.8, 4) is 5.69 Å². The molecule has 3 N–H and O–H groups in total. The van der Waals surface area contributed by atoms with Gasteiger partial charge in [-0.25, -0.2) is 13.9 Å². The fourth-order valence-electron chi connectivity index (χ4n) is 2.85. The zero-order valence-electron chi connectivity index (χ0n) is 16.2. The molecule has 3 amide bonds. The molecule has 0 spiro atoms. The summed E-state index contributed by atoms with van der Waals surface area (Å²) in [6.45, 7) is 0. The molecular weight excluding hydrogens is 397 g/mol. The van der Waals surface area contributed by atoms with Crippen molar-refractivity contribution in [3.05, 3.63) is 103 Å². The van der Waals surface area contributed by atoms with Gasteiger partial charge in [-0.2, -0.15) is 5.10 Å². The van der Waals surface area contributed by atoms with Crippen LogP contribution in [-0.2, 0) is 0 Å². The Hall–Kier alpha value is -4.46. The Morgan fingerprint density at radius 2 is 1.39 bits per heavy atom. The van der Waals surface area contributed by atoms with Gasteiger partial charge in [0.05, 0.1) is 5.69 Å². The van der Waals surface area contributed by atoms with Crippen LogP contribution in [0.15, 0.2) is 91.1 Å². The van der Waals surface area contributed by atoms with Gasteiger partial charge in [0.15, 0.2) is 5.69 Å². The van der Waals surface area contributed by atoms with E-state index < -0.39 is 5.91 Å². The minimum absolute atomic E-state index is 0.189. The molecule has 7 nitrogen and oxygen atoms in total. The quantitative estimate of drug-likeness (QED) is 0.433. The molecule has 0 fully saturated rings. The fourth-order valence-corrected chi connectivity index (χ4v) is 2.85. The van der Waals surface area contributed by atoms with Crippen LogP contribution in [0.3, 0.4) is 0 Å². The Kier molecular flexibility index (Phi) is 5.70. The summed E-state index contributed by atoms with van der Waals surface area (Å²) < 4.78 is 14.8. The lowest BCUT2D eigenvalue weighted by molar-refractivity contribution is 0.102. The molecule has 0 unspecified atom stereocenters. The normalized spacial score (nSPS) is 10.4. The Morgan fingerprint density at radius 3 is 2.06 bits per heavy atom. The van der Waals surface area contributed by atoms with E-state index in [2.05, 4.69) is 21.0 Å². The second-order valence-corrected chi connectivity index (χ2v) is 6.60. The standard InChI is InChI=1S/C23H18FN5O2/c24-16-5-4-8-20(15-16)29-14-13-21(28-29)22(30)25-18-9-11-19(12-10-18)27-23(31)26-17-6-2-1-3-7-17/h1-15H,(H,25,30)(H2,26,27,31). The number of halogens is 1. The van der Waals surface area contributed by atoms with Gasteiger partial charge in [0.1, 0.15) is 5.82 Å². The predicted molar refractivity (Wildman–Crippen MR) is 117 cm³/mol. The van der Waals surface area contributed by atoms with Gasteiger partial charge in [-0.15, -0.1) is 0 Å². The second-order valence-electron chi connectivity index (χ2n) is 6.60. The van der Waals surface area contributed by atoms with Crippen molar-refractivity contribution in [3.63, 3.8) is 0 Å². The van der Waals surface area contributed by atoms with Crippen molar-refractivity contribution >= 4 is 29.0 Å². The molecule has 3 aromatic carbocycles. The maximum Gasteiger partial charge on any atom is 0.323 e. The zero-order valence-corrected chi connectivity index (χ0v) is 16.2. The molecule has 0 radical (unpaired) electrons. The zero-order chi connectivity index (χ0) is 21.6. The summed E-state index contributed by atoms with van der Waals surface area (Å²) in [5, 5.41) is 12.4. The highest BCUT2D eigenvalue weighted by Gasteiger charge is 2.11. The largest absolute Gasteiger partial charge is 0.323 e. The lowest BCUT2D eigenvalue weighted by atomic mass is 10.2. The molecule has 0 aliphatic heterocycles. The second kappa shape index (κ2) is 8.91. The molecule has 0 aliphatic carbocycles. The first-order valence-corrected chi connectivity index (χ1v) is 9.43. The number of aromatic nitrogens is 2. The van der Waals surface area contributed by atoms with Crippen molar-refractivity contribution in [2.75, 3.05) is 16.0 Å². The third kappa shape index (κ3) is 5.13. The lowest BCUT2D eigenvalue weighted by Gasteiger charge is -2.09. The van der Waals surface area contributed by atoms with Gasteiger partial charge in [0.25, 0.3) is 5.91 Å². The maximum absolute atomic E-state index is 13.4. The van der Waals surface area contributed by atoms with E-state index in [1.54, 1.807) is 60.8 Å². The summed E-state index contributed by atoms with van der Waals surface area (Å²) in [4.78, 5) is 24.5. The number of benzene rings is 3. The van der Waals surface area contributed by atoms with Gasteiger partial charge in [-0.3, -0.25) is 4.79 Å². The highest BCUT2D eigenvalue weighted by molar-refractivity contribution is 6.03. The molecule has 1 aromatic heterocycles. The molecule has 4 aromatic rings. The first kappa shape index (κ1) is 19.8. The molecule has 31 heavy (non-hydrogen) atoms. The number of carbonyl (C=O) groups is 2. The Labute approximate surface area is 177 Å². The van der Waals surface area contributed by atoms with Crippen LogP contribution in [0.25, 0.3) is 5.69 Å². The number of anilines is 3. The fraction of sp³-hybridized carbons (Fsp3) is 0. The van der Waals surface area contributed by atoms with Gasteiger partial charge < -0.3 is 16.0 Å². The number of urea groups is 1. The van der Waals surface area contributed by atoms with Crippen LogP contribution in [0.5, 0.6) is 0 Å². The number of amides is 3. The van der Waals surface area contributed by atoms with Crippen molar-refractivity contribution < 1.29 is 14.0 Å². The number of para-hydroxylation sites is 1. The summed E-state index contributed by atoms with van der Waals surface area (Å²) in [6, 6.07) is 22.9. The van der Waals surface area contributed by atoms with Crippen LogP contribution in [-0.4, -0.2) is 21.7 Å². The van der Waals surface area contributed by atoms with Gasteiger partial charge in [0.2, 0.25) is 0 Å². The van der Waals surface area contributed by atoms with Crippen LogP contribution in [0.2, 0.25) is 0 Å². The van der Waals surface area contributed by atoms with Crippen molar-refractivity contribution in [2.24, 2.45) is 0 Å². The van der Waals surface area contributed by atoms with E-state index in [9.17, 15) is 14.0 Å². The average molecular weight is 415 g/mol. The minimum atomic E-state index is -0.405. The van der Waals surface area contributed by atoms with Crippen molar-refractivity contribution in [2.45, 2.75) is 0 Å². The van der Waals surface area contributed by atoms with E-state index >= 15 is 0 Å². The molecule has 0 bridgehead atoms. The number of rotatable bonds is 5. The molecule has 8 heteroatoms. The van der Waals surface area contributed by atoms with Crippen LogP contribution in [0.1, 0.15) is 10.5 Å². The smallest absolute Gasteiger partial charge is 0.321 e. The first-order valence-electron chi connectivity index (χ1n) is 9.43. The number of hydrogen-bond acceptors (Lipinski definition) is 3. The predicted octanol–water partition coefficient (Wildman–Crippen LogP) is 4.91. The summed E-state index contributed by atoms with van der Waals surface area (Å²) in [5.41, 5.74) is 2.50. The van der Waals surface area contributed by atoms with Crippen molar-refractivity contribution in [1.82, 2.24) is 9.78 Å². The third-order valence-electron chi connectivity index (χ3n) is 4.33. The number of nitrogens with one attached hydrogen (secondary N) is 3. The monoisotopic (exact) mass is 415 g/mol. The molecule has 0 aliphatic rings. The molecule has 154 valence electrons. The Balaban J connectivity index is 1.35. The van der Waals surface area contributed by atoms with E-state index in [0.717, 1.165) is 0 Å². The summed E-state index contributed by atoms with van der Waals surface area (Å²) in [5.74, 6) is -0.789. The summed E-state index contributed by atoms with van der Waals surface area (Å²) in [6.07, 6.45) is 1.59. The number of carbonyl (C=O) groups excluding carboxylic acids is 2. The molecule has 1 heterocycles. The Bertz CT molecular complexity index is 1210. The van der Waals surface area contributed by atoms with Gasteiger partial charge in [-0.05, 0) is 60.7 Å². The molecule has 4 rings (SSSR count). The average Bonchev–Trinajstić information content (AvgIpc) is 3.26. The minimum Gasteiger partial charge on any atom is -0.321 e. The van der Waals surface area contributed by atoms with Crippen LogP contribution >= 0.6 is 0 Å². The van der Waals surface area contributed by atoms with E-state index in [4.69, 9.17) is 0 Å². The van der Waals surface area contributed by atoms with Gasteiger partial charge >= 0.3 is 6.03 Å². The van der Waals surface area contributed by atoms with E-state index in [1.165, 1.54) is 16.8 Å². The van der Waals surface area contributed by atoms with Gasteiger partial charge in [0, 0.05) is 23.3 Å². The summed E-state index contributed by atoms with van der Waals surface area (Å²) in [7, 11) is 0. The molecule has 0 saturated carbocycles. The molecule has 0 atom stereocenters. The van der Waals surface area contributed by atoms with E-state index in [-0.39, 0.29) is 17.5 Å². The Morgan fingerprint density at radius 1 is 0.742 bits per heavy atom. The van der Waals surface area contributed by atoms with Crippen LogP contribution in [0.4, 0.5) is 26.2 Å². The highest BCUT2D eigenvalue weighted by atomic mass is 19.1. The van der Waals surface area contributed by atoms with E-state index in [1.807, 2.05) is 18.2 Å². The lowest BCUT2D eigenvalue weighted by Crippen LogP contribution is -2.19. The SMILES string of the molecule is O=C(Nc1ccccc1)Nc1ccc(NC(=O)c2ccn(-c3cccc(F)c3)n2)cc1. The van der Waals surface area contributed by atoms with Crippen LogP contribution < -0.4 is 16.0 Å². The topological polar surface area (TPSA) is 88.0 Å². The number of nitrogens with zero attached hydrogens (tertiary/aromatic N) is 2. The third-order valence-corrected chi connectivity index (χ3v) is 4.33. The molecule has 0 saturated heterocycles. The van der Waals surface area contributed by atoms with E-state index in [0.29, 0.717) is 22.7 Å². The van der Waals surface area contributed by atoms with Gasteiger partial charge in [-0.1, -0.05) is 24.3 Å². The van der Waals surface area contributed by atoms with Crippen LogP contribution in [0, 0.1) is 5.82 Å². The summed E-state index contributed by atoms with van der Waals surface area (Å²) >= 11 is 0. The highest BCUT2D eigenvalue weighted by Crippen LogP contribution is 2.16. The first-order chi connectivity index (χ1) is 15.1. The maximum atomic E-state index is 13.4. The molecular formula is C23H18FN5O2.